The Bertz CT molecular complexity index is 2290. The predicted molar refractivity (Wildman–Crippen MR) is 209 cm³/mol. The summed E-state index contributed by atoms with van der Waals surface area (Å²) in [6.07, 6.45) is -1.95. The summed E-state index contributed by atoms with van der Waals surface area (Å²) in [5, 5.41) is 14.4. The number of benzene rings is 4. The van der Waals surface area contributed by atoms with Gasteiger partial charge in [-0.25, -0.2) is 13.9 Å². The Labute approximate surface area is 331 Å². The summed E-state index contributed by atoms with van der Waals surface area (Å²) in [7, 11) is 0. The maximum Gasteiger partial charge on any atom is 0.419 e. The maximum absolute atomic E-state index is 14.9. The number of rotatable bonds is 16. The van der Waals surface area contributed by atoms with Gasteiger partial charge in [0.25, 0.3) is 11.5 Å². The number of anilines is 1. The highest BCUT2D eigenvalue weighted by atomic mass is 19.4. The van der Waals surface area contributed by atoms with Gasteiger partial charge >= 0.3 is 6.18 Å². The summed E-state index contributed by atoms with van der Waals surface area (Å²) in [5.74, 6) is -2.06. The molecular formula is C42H44F5N7O4. The molecule has 306 valence electrons. The molecule has 0 bridgehead atoms. The van der Waals surface area contributed by atoms with Crippen LogP contribution in [0.3, 0.4) is 0 Å². The van der Waals surface area contributed by atoms with Gasteiger partial charge < -0.3 is 30.9 Å². The number of halogens is 5. The second-order valence-electron chi connectivity index (χ2n) is 14.1. The SMILES string of the molecule is Nc1ccc(OCc2ccc(F)c(C(F)(F)F)c2)c(CNCCCCCNCC(=O)N2CCN(C(=O)c3cc(Cc4n[nH]c(=O)c5ccccc45)ccc3F)CC2)c1. The van der Waals surface area contributed by atoms with Crippen LogP contribution in [0.1, 0.15) is 57.6 Å². The Morgan fingerprint density at radius 1 is 0.810 bits per heavy atom. The molecule has 4 aromatic carbocycles. The summed E-state index contributed by atoms with van der Waals surface area (Å²) in [6.45, 7) is 2.91. The minimum atomic E-state index is -4.81. The minimum Gasteiger partial charge on any atom is -0.489 e. The molecule has 0 spiro atoms. The number of hydrogen-bond donors (Lipinski definition) is 4. The summed E-state index contributed by atoms with van der Waals surface area (Å²) < 4.78 is 73.7. The summed E-state index contributed by atoms with van der Waals surface area (Å²) in [5.41, 5.74) is 6.94. The van der Waals surface area contributed by atoms with Crippen molar-refractivity contribution in [1.29, 1.82) is 0 Å². The maximum atomic E-state index is 14.9. The molecule has 5 N–H and O–H groups in total. The molecule has 1 aliphatic rings. The van der Waals surface area contributed by atoms with E-state index in [1.54, 1.807) is 52.3 Å². The van der Waals surface area contributed by atoms with Crippen molar-refractivity contribution < 1.29 is 36.3 Å². The Morgan fingerprint density at radius 2 is 1.50 bits per heavy atom. The number of hydrogen-bond acceptors (Lipinski definition) is 8. The molecule has 1 saturated heterocycles. The largest absolute Gasteiger partial charge is 0.489 e. The first kappa shape index (κ1) is 41.8. The van der Waals surface area contributed by atoms with Gasteiger partial charge in [0.15, 0.2) is 0 Å². The van der Waals surface area contributed by atoms with Gasteiger partial charge in [-0.3, -0.25) is 14.4 Å². The lowest BCUT2D eigenvalue weighted by Gasteiger charge is -2.35. The standard InChI is InChI=1S/C42H44F5N7O4/c43-35-11-8-27(22-37-31-6-2-3-7-32(31)40(56)52-51-37)20-33(35)41(57)54-18-16-53(17-19-54)39(55)25-50-15-5-1-4-14-49-24-29-23-30(48)10-13-38(29)58-26-28-9-12-36(44)34(21-28)42(45,46)47/h2-3,6-13,20-21,23,49-50H,1,4-5,14-19,22,24-26,48H2,(H,52,56). The van der Waals surface area contributed by atoms with Crippen molar-refractivity contribution in [3.8, 4) is 5.75 Å². The number of aromatic nitrogens is 2. The van der Waals surface area contributed by atoms with Crippen LogP contribution in [0.5, 0.6) is 5.75 Å². The van der Waals surface area contributed by atoms with Gasteiger partial charge in [-0.1, -0.05) is 36.8 Å². The highest BCUT2D eigenvalue weighted by Crippen LogP contribution is 2.32. The van der Waals surface area contributed by atoms with E-state index in [4.69, 9.17) is 10.5 Å². The lowest BCUT2D eigenvalue weighted by Crippen LogP contribution is -2.52. The number of ether oxygens (including phenoxy) is 1. The van der Waals surface area contributed by atoms with E-state index >= 15 is 0 Å². The van der Waals surface area contributed by atoms with Crippen LogP contribution in [0.15, 0.2) is 83.7 Å². The number of nitrogen functional groups attached to an aromatic ring is 1. The van der Waals surface area contributed by atoms with Crippen molar-refractivity contribution in [1.82, 2.24) is 30.6 Å². The van der Waals surface area contributed by atoms with Crippen molar-refractivity contribution in [3.05, 3.63) is 134 Å². The zero-order chi connectivity index (χ0) is 41.2. The Hall–Kier alpha value is -5.87. The van der Waals surface area contributed by atoms with E-state index in [0.29, 0.717) is 66.2 Å². The third kappa shape index (κ3) is 10.7. The second-order valence-corrected chi connectivity index (χ2v) is 14.1. The van der Waals surface area contributed by atoms with Crippen LogP contribution in [0.4, 0.5) is 27.6 Å². The minimum absolute atomic E-state index is 0.0569. The summed E-state index contributed by atoms with van der Waals surface area (Å²) in [6, 6.07) is 19.2. The Balaban J connectivity index is 0.870. The predicted octanol–water partition coefficient (Wildman–Crippen LogP) is 5.81. The average molecular weight is 806 g/mol. The van der Waals surface area contributed by atoms with Gasteiger partial charge in [0.1, 0.15) is 24.0 Å². The molecule has 2 heterocycles. The zero-order valence-electron chi connectivity index (χ0n) is 31.6. The molecule has 2 amide bonds. The van der Waals surface area contributed by atoms with Crippen LogP contribution in [0.2, 0.25) is 0 Å². The lowest BCUT2D eigenvalue weighted by molar-refractivity contribution is -0.140. The van der Waals surface area contributed by atoms with Gasteiger partial charge in [-0.15, -0.1) is 0 Å². The Morgan fingerprint density at radius 3 is 2.26 bits per heavy atom. The number of carbonyl (C=O) groups excluding carboxylic acids is 2. The number of nitrogens with two attached hydrogens (primary N) is 1. The average Bonchev–Trinajstić information content (AvgIpc) is 3.21. The fourth-order valence-corrected chi connectivity index (χ4v) is 6.80. The van der Waals surface area contributed by atoms with Crippen LogP contribution in [0.25, 0.3) is 10.8 Å². The number of nitrogens with zero attached hydrogens (tertiary/aromatic N) is 3. The van der Waals surface area contributed by atoms with E-state index < -0.39 is 29.3 Å². The number of unbranched alkanes of at least 4 members (excludes halogenated alkanes) is 2. The van der Waals surface area contributed by atoms with E-state index in [0.717, 1.165) is 37.0 Å². The third-order valence-electron chi connectivity index (χ3n) is 9.94. The summed E-state index contributed by atoms with van der Waals surface area (Å²) in [4.78, 5) is 41.6. The molecule has 0 aliphatic carbocycles. The van der Waals surface area contributed by atoms with Crippen molar-refractivity contribution in [2.75, 3.05) is 51.5 Å². The first-order valence-electron chi connectivity index (χ1n) is 19.0. The van der Waals surface area contributed by atoms with Crippen molar-refractivity contribution in [2.45, 2.75) is 45.0 Å². The van der Waals surface area contributed by atoms with E-state index in [2.05, 4.69) is 20.8 Å². The van der Waals surface area contributed by atoms with Crippen LogP contribution in [-0.2, 0) is 30.5 Å². The van der Waals surface area contributed by atoms with Crippen LogP contribution >= 0.6 is 0 Å². The van der Waals surface area contributed by atoms with Crippen LogP contribution < -0.4 is 26.7 Å². The molecule has 58 heavy (non-hydrogen) atoms. The lowest BCUT2D eigenvalue weighted by atomic mass is 10.0. The molecule has 16 heteroatoms. The molecule has 0 radical (unpaired) electrons. The molecule has 11 nitrogen and oxygen atoms in total. The molecule has 1 aliphatic heterocycles. The van der Waals surface area contributed by atoms with Gasteiger partial charge in [0, 0.05) is 55.8 Å². The van der Waals surface area contributed by atoms with Crippen LogP contribution in [-0.4, -0.2) is 77.6 Å². The molecule has 1 aromatic heterocycles. The topological polar surface area (TPSA) is 146 Å². The van der Waals surface area contributed by atoms with Crippen LogP contribution in [0, 0.1) is 11.6 Å². The van der Waals surface area contributed by atoms with Gasteiger partial charge in [-0.2, -0.15) is 18.3 Å². The normalized spacial score (nSPS) is 13.3. The molecular weight excluding hydrogens is 761 g/mol. The van der Waals surface area contributed by atoms with Crippen molar-refractivity contribution in [3.63, 3.8) is 0 Å². The van der Waals surface area contributed by atoms with Crippen molar-refractivity contribution in [2.24, 2.45) is 0 Å². The highest BCUT2D eigenvalue weighted by molar-refractivity contribution is 5.95. The summed E-state index contributed by atoms with van der Waals surface area (Å²) >= 11 is 0. The number of fused-ring (bicyclic) bond motifs is 1. The van der Waals surface area contributed by atoms with E-state index in [1.165, 1.54) is 18.2 Å². The number of amides is 2. The number of nitrogens with one attached hydrogen (secondary N) is 3. The first-order valence-corrected chi connectivity index (χ1v) is 19.0. The number of piperazine rings is 1. The van der Waals surface area contributed by atoms with Gasteiger partial charge in [0.2, 0.25) is 5.91 Å². The first-order chi connectivity index (χ1) is 27.9. The number of aromatic amines is 1. The molecule has 5 aromatic rings. The van der Waals surface area contributed by atoms with E-state index in [1.807, 2.05) is 6.07 Å². The van der Waals surface area contributed by atoms with Crippen molar-refractivity contribution >= 4 is 28.3 Å². The third-order valence-corrected chi connectivity index (χ3v) is 9.94. The van der Waals surface area contributed by atoms with E-state index in [-0.39, 0.29) is 55.3 Å². The smallest absolute Gasteiger partial charge is 0.419 e. The number of alkyl halides is 3. The fraction of sp³-hybridized carbons (Fsp3) is 0.333. The fourth-order valence-electron chi connectivity index (χ4n) is 6.80. The zero-order valence-corrected chi connectivity index (χ0v) is 31.6. The molecule has 0 atom stereocenters. The van der Waals surface area contributed by atoms with Gasteiger partial charge in [0.05, 0.1) is 28.8 Å². The monoisotopic (exact) mass is 805 g/mol. The molecule has 0 saturated carbocycles. The quantitative estimate of drug-likeness (QED) is 0.0556. The second kappa shape index (κ2) is 19.0. The van der Waals surface area contributed by atoms with E-state index in [9.17, 15) is 36.3 Å². The Kier molecular flexibility index (Phi) is 13.7. The molecule has 6 rings (SSSR count). The van der Waals surface area contributed by atoms with Gasteiger partial charge in [-0.05, 0) is 85.6 Å². The number of H-pyrrole nitrogens is 1. The molecule has 1 fully saturated rings. The highest BCUT2D eigenvalue weighted by Gasteiger charge is 2.34. The number of carbonyl (C=O) groups is 2. The molecule has 0 unspecified atom stereocenters.